The lowest BCUT2D eigenvalue weighted by molar-refractivity contribution is -0.144. The Balaban J connectivity index is 1.24. The quantitative estimate of drug-likeness (QED) is 0.117. The molecule has 0 spiro atoms. The normalized spacial score (nSPS) is 19.5. The van der Waals surface area contributed by atoms with Crippen LogP contribution in [0.15, 0.2) is 48.5 Å². The summed E-state index contributed by atoms with van der Waals surface area (Å²) >= 11 is 0. The summed E-state index contributed by atoms with van der Waals surface area (Å²) in [7, 11) is -0.597. The van der Waals surface area contributed by atoms with Gasteiger partial charge >= 0.3 is 16.4 Å². The minimum atomic E-state index is -5.09. The summed E-state index contributed by atoms with van der Waals surface area (Å²) in [6.45, 7) is 3.32. The number of carbonyl (C=O) groups is 1. The third kappa shape index (κ3) is 8.60. The number of hydrogen-bond acceptors (Lipinski definition) is 8. The SMILES string of the molecule is CN1CCN(S(=O)(=O)Nc2nn(C)c3c(-c4ccc(C#CC(C)(C)O)nc4C(Cc4cc(F)cc(F)c4)NC(=O)Cn4nc(C(F)(F)F)c5c4C(F)(F)C4CCC54)cccc23)CC1. The maximum Gasteiger partial charge on any atom is 0.435 e. The molecule has 3 atom stereocenters. The van der Waals surface area contributed by atoms with Crippen LogP contribution < -0.4 is 10.0 Å². The first kappa shape index (κ1) is 44.1. The van der Waals surface area contributed by atoms with Gasteiger partial charge in [-0.1, -0.05) is 18.1 Å². The van der Waals surface area contributed by atoms with Crippen molar-refractivity contribution in [3.8, 4) is 23.0 Å². The van der Waals surface area contributed by atoms with Gasteiger partial charge in [0, 0.05) is 67.3 Å². The first-order valence-corrected chi connectivity index (χ1v) is 21.4. The minimum absolute atomic E-state index is 0.00367. The minimum Gasteiger partial charge on any atom is -0.378 e. The number of piperazine rings is 1. The van der Waals surface area contributed by atoms with Gasteiger partial charge in [0.2, 0.25) is 5.91 Å². The van der Waals surface area contributed by atoms with Crippen LogP contribution in [0.2, 0.25) is 0 Å². The van der Waals surface area contributed by atoms with Crippen molar-refractivity contribution in [2.24, 2.45) is 13.0 Å². The fourth-order valence-electron chi connectivity index (χ4n) is 8.61. The van der Waals surface area contributed by atoms with Crippen molar-refractivity contribution in [2.75, 3.05) is 37.9 Å². The summed E-state index contributed by atoms with van der Waals surface area (Å²) in [6.07, 6.45) is -5.37. The van der Waals surface area contributed by atoms with Crippen molar-refractivity contribution in [3.63, 3.8) is 0 Å². The Morgan fingerprint density at radius 2 is 1.68 bits per heavy atom. The van der Waals surface area contributed by atoms with Crippen LogP contribution in [0.5, 0.6) is 0 Å². The number of alkyl halides is 5. The summed E-state index contributed by atoms with van der Waals surface area (Å²) in [6, 6.07) is 9.27. The maximum atomic E-state index is 15.7. The fraction of sp³-hybridized carbons (Fsp3) is 0.429. The molecule has 63 heavy (non-hydrogen) atoms. The molecule has 3 aromatic heterocycles. The fourth-order valence-corrected chi connectivity index (χ4v) is 9.78. The number of nitrogens with one attached hydrogen (secondary N) is 2. The molecule has 4 heterocycles. The number of likely N-dealkylation sites (N-methyl/N-ethyl adjacent to an activating group) is 1. The molecule has 2 aliphatic carbocycles. The monoisotopic (exact) mass is 901 g/mol. The molecule has 2 fully saturated rings. The molecule has 3 unspecified atom stereocenters. The summed E-state index contributed by atoms with van der Waals surface area (Å²) in [4.78, 5) is 20.8. The van der Waals surface area contributed by atoms with Crippen molar-refractivity contribution in [3.05, 3.63) is 94.1 Å². The Hall–Kier alpha value is -5.56. The molecule has 5 aromatic rings. The third-order valence-electron chi connectivity index (χ3n) is 11.6. The highest BCUT2D eigenvalue weighted by Gasteiger charge is 2.63. The molecule has 2 aromatic carbocycles. The van der Waals surface area contributed by atoms with E-state index < -0.39 is 86.8 Å². The number of aryl methyl sites for hydroxylation is 1. The Bertz CT molecular complexity index is 2780. The number of benzene rings is 2. The lowest BCUT2D eigenvalue weighted by Crippen LogP contribution is -2.48. The molecule has 0 radical (unpaired) electrons. The Morgan fingerprint density at radius 1 is 0.984 bits per heavy atom. The van der Waals surface area contributed by atoms with E-state index in [-0.39, 0.29) is 60.7 Å². The molecule has 1 saturated carbocycles. The van der Waals surface area contributed by atoms with Crippen LogP contribution in [0.1, 0.15) is 72.6 Å². The van der Waals surface area contributed by atoms with E-state index >= 15 is 8.78 Å². The molecule has 1 amide bonds. The molecule has 8 rings (SSSR count). The predicted molar refractivity (Wildman–Crippen MR) is 216 cm³/mol. The maximum absolute atomic E-state index is 15.7. The Labute approximate surface area is 357 Å². The number of nitrogens with zero attached hydrogens (tertiary/aromatic N) is 7. The summed E-state index contributed by atoms with van der Waals surface area (Å²) in [5, 5.41) is 21.4. The number of fused-ring (bicyclic) bond motifs is 4. The zero-order chi connectivity index (χ0) is 45.4. The van der Waals surface area contributed by atoms with Crippen molar-refractivity contribution < 1.29 is 49.1 Å². The first-order chi connectivity index (χ1) is 29.5. The molecule has 3 aliphatic rings. The number of aliphatic hydroxyl groups is 1. The van der Waals surface area contributed by atoms with Crippen LogP contribution in [-0.2, 0) is 47.1 Å². The first-order valence-electron chi connectivity index (χ1n) is 20.0. The number of carbonyl (C=O) groups excluding carboxylic acids is 1. The standard InChI is InChI=1S/C42H42F7N9O4S/c1-40(2,60)13-12-26-8-9-27(28-6-5-7-30-36(28)56(4)53-39(30)54-63(61,62)57-16-14-55(3)15-17-57)35(50-26)32(20-23-18-24(43)21-25(44)19-23)51-33(59)22-58-38-34(37(52-58)42(47,48)49)29-10-11-31(29)41(38,45)46/h5-9,18-19,21,29,31-32,60H,10-11,14-17,20,22H2,1-4H3,(H,51,59)(H,53,54). The third-order valence-corrected chi connectivity index (χ3v) is 13.1. The van der Waals surface area contributed by atoms with E-state index in [4.69, 9.17) is 4.98 Å². The molecule has 21 heteroatoms. The van der Waals surface area contributed by atoms with Gasteiger partial charge in [-0.15, -0.1) is 0 Å². The number of halogens is 7. The Kier molecular flexibility index (Phi) is 11.1. The van der Waals surface area contributed by atoms with Gasteiger partial charge < -0.3 is 15.3 Å². The number of hydrogen-bond donors (Lipinski definition) is 3. The van der Waals surface area contributed by atoms with Gasteiger partial charge in [-0.3, -0.25) is 18.9 Å². The van der Waals surface area contributed by atoms with Crippen LogP contribution in [0.4, 0.5) is 36.6 Å². The summed E-state index contributed by atoms with van der Waals surface area (Å²) in [5.74, 6) is -3.71. The highest BCUT2D eigenvalue weighted by molar-refractivity contribution is 7.90. The summed E-state index contributed by atoms with van der Waals surface area (Å²) in [5.41, 5.74) is -3.44. The highest BCUT2D eigenvalue weighted by atomic mass is 32.2. The number of pyridine rings is 1. The number of rotatable bonds is 10. The van der Waals surface area contributed by atoms with Gasteiger partial charge in [-0.2, -0.15) is 44.9 Å². The van der Waals surface area contributed by atoms with Crippen LogP contribution in [-0.4, -0.2) is 92.0 Å². The van der Waals surface area contributed by atoms with E-state index in [2.05, 4.69) is 32.1 Å². The van der Waals surface area contributed by atoms with Crippen LogP contribution in [0, 0.1) is 29.4 Å². The predicted octanol–water partition coefficient (Wildman–Crippen LogP) is 5.85. The lowest BCUT2D eigenvalue weighted by Gasteiger charge is -2.34. The molecule has 1 aliphatic heterocycles. The largest absolute Gasteiger partial charge is 0.435 e. The van der Waals surface area contributed by atoms with Crippen molar-refractivity contribution in [1.29, 1.82) is 0 Å². The van der Waals surface area contributed by atoms with E-state index in [0.717, 1.165) is 12.1 Å². The van der Waals surface area contributed by atoms with E-state index in [1.54, 1.807) is 31.3 Å². The number of aromatic nitrogens is 5. The molecular weight excluding hydrogens is 860 g/mol. The average molecular weight is 902 g/mol. The van der Waals surface area contributed by atoms with Crippen LogP contribution >= 0.6 is 0 Å². The molecule has 13 nitrogen and oxygen atoms in total. The second kappa shape index (κ2) is 15.9. The second-order valence-electron chi connectivity index (χ2n) is 16.7. The molecular formula is C42H42F7N9O4S. The lowest BCUT2D eigenvalue weighted by atomic mass is 9.73. The zero-order valence-corrected chi connectivity index (χ0v) is 35.2. The highest BCUT2D eigenvalue weighted by Crippen LogP contribution is 2.64. The van der Waals surface area contributed by atoms with E-state index in [1.165, 1.54) is 28.9 Å². The van der Waals surface area contributed by atoms with Gasteiger partial charge in [-0.05, 0) is 87.9 Å². The van der Waals surface area contributed by atoms with Crippen molar-refractivity contribution in [1.82, 2.24) is 39.1 Å². The molecule has 0 bridgehead atoms. The number of para-hydroxylation sites is 1. The van der Waals surface area contributed by atoms with Crippen LogP contribution in [0.3, 0.4) is 0 Å². The molecule has 1 saturated heterocycles. The van der Waals surface area contributed by atoms with E-state index in [1.807, 2.05) is 11.9 Å². The zero-order valence-electron chi connectivity index (χ0n) is 34.4. The smallest absolute Gasteiger partial charge is 0.378 e. The van der Waals surface area contributed by atoms with Gasteiger partial charge in [0.15, 0.2) is 11.5 Å². The van der Waals surface area contributed by atoms with Gasteiger partial charge in [0.05, 0.1) is 17.3 Å². The average Bonchev–Trinajstić information content (AvgIpc) is 3.74. The summed E-state index contributed by atoms with van der Waals surface area (Å²) < 4.78 is 136. The van der Waals surface area contributed by atoms with Gasteiger partial charge in [0.25, 0.3) is 5.92 Å². The van der Waals surface area contributed by atoms with Crippen LogP contribution in [0.25, 0.3) is 22.0 Å². The van der Waals surface area contributed by atoms with Gasteiger partial charge in [0.1, 0.15) is 35.2 Å². The number of amides is 1. The topological polar surface area (TPSA) is 151 Å². The van der Waals surface area contributed by atoms with Crippen molar-refractivity contribution >= 4 is 32.8 Å². The van der Waals surface area contributed by atoms with E-state index in [9.17, 15) is 40.3 Å². The molecule has 334 valence electrons. The second-order valence-corrected chi connectivity index (χ2v) is 18.4. The van der Waals surface area contributed by atoms with E-state index in [0.29, 0.717) is 40.3 Å². The van der Waals surface area contributed by atoms with Gasteiger partial charge in [-0.25, -0.2) is 13.8 Å². The van der Waals surface area contributed by atoms with Crippen molar-refractivity contribution in [2.45, 2.75) is 69.3 Å². The Morgan fingerprint density at radius 3 is 2.32 bits per heavy atom. The number of anilines is 1. The molecule has 3 N–H and O–H groups in total.